The molecule has 1 aromatic carbocycles. The number of hydrogen-bond acceptors (Lipinski definition) is 0. The van der Waals surface area contributed by atoms with Crippen LogP contribution in [0.25, 0.3) is 17.1 Å². The monoisotopic (exact) mass is 361 g/mol. The molecule has 3 aromatic rings. The van der Waals surface area contributed by atoms with Gasteiger partial charge in [0.05, 0.1) is 5.69 Å². The molecule has 0 fully saturated rings. The molecule has 0 radical (unpaired) electrons. The SMILES string of the molecule is Cc1cc(-c2c(C)ccn2-c2c(C(C)C)cccc2C(C)C)[n+](C)cc1C. The van der Waals surface area contributed by atoms with E-state index in [1.807, 2.05) is 0 Å². The number of rotatable bonds is 4. The van der Waals surface area contributed by atoms with Crippen LogP contribution in [0.15, 0.2) is 42.7 Å². The second-order valence-electron chi connectivity index (χ2n) is 8.45. The van der Waals surface area contributed by atoms with Crippen LogP contribution in [0.3, 0.4) is 0 Å². The van der Waals surface area contributed by atoms with Crippen LogP contribution < -0.4 is 4.57 Å². The molecular weight excluding hydrogens is 328 g/mol. The number of aryl methyl sites for hydroxylation is 4. The Morgan fingerprint density at radius 2 is 1.41 bits per heavy atom. The van der Waals surface area contributed by atoms with Gasteiger partial charge >= 0.3 is 0 Å². The van der Waals surface area contributed by atoms with Gasteiger partial charge in [0.2, 0.25) is 5.69 Å². The average Bonchev–Trinajstić information content (AvgIpc) is 2.98. The molecule has 3 rings (SSSR count). The number of hydrogen-bond donors (Lipinski definition) is 0. The first-order chi connectivity index (χ1) is 12.7. The van der Waals surface area contributed by atoms with Crippen molar-refractivity contribution >= 4 is 0 Å². The molecule has 2 heterocycles. The van der Waals surface area contributed by atoms with E-state index in [9.17, 15) is 0 Å². The molecule has 2 aromatic heterocycles. The Bertz CT molecular complexity index is 948. The van der Waals surface area contributed by atoms with Gasteiger partial charge in [-0.1, -0.05) is 45.9 Å². The first-order valence-corrected chi connectivity index (χ1v) is 10.0. The molecule has 2 nitrogen and oxygen atoms in total. The summed E-state index contributed by atoms with van der Waals surface area (Å²) >= 11 is 0. The first kappa shape index (κ1) is 19.4. The van der Waals surface area contributed by atoms with Crippen molar-refractivity contribution in [3.8, 4) is 17.1 Å². The van der Waals surface area contributed by atoms with E-state index >= 15 is 0 Å². The van der Waals surface area contributed by atoms with Crippen LogP contribution in [0.5, 0.6) is 0 Å². The Balaban J connectivity index is 2.36. The second-order valence-corrected chi connectivity index (χ2v) is 8.45. The first-order valence-electron chi connectivity index (χ1n) is 10.0. The Hall–Kier alpha value is -2.35. The van der Waals surface area contributed by atoms with Crippen LogP contribution in [0.4, 0.5) is 0 Å². The summed E-state index contributed by atoms with van der Waals surface area (Å²) < 4.78 is 4.68. The minimum Gasteiger partial charge on any atom is -0.311 e. The highest BCUT2D eigenvalue weighted by molar-refractivity contribution is 5.65. The van der Waals surface area contributed by atoms with Crippen LogP contribution in [-0.4, -0.2) is 4.57 Å². The molecule has 142 valence electrons. The van der Waals surface area contributed by atoms with E-state index < -0.39 is 0 Å². The largest absolute Gasteiger partial charge is 0.311 e. The van der Waals surface area contributed by atoms with E-state index in [1.54, 1.807) is 0 Å². The summed E-state index contributed by atoms with van der Waals surface area (Å²) in [5, 5.41) is 0. The van der Waals surface area contributed by atoms with E-state index in [0.717, 1.165) is 0 Å². The topological polar surface area (TPSA) is 8.81 Å². The third-order valence-corrected chi connectivity index (χ3v) is 5.66. The fourth-order valence-electron chi connectivity index (χ4n) is 3.95. The predicted octanol–water partition coefficient (Wildman–Crippen LogP) is 6.14. The van der Waals surface area contributed by atoms with Crippen molar-refractivity contribution < 1.29 is 4.57 Å². The number of para-hydroxylation sites is 1. The van der Waals surface area contributed by atoms with E-state index in [4.69, 9.17) is 0 Å². The number of nitrogens with zero attached hydrogens (tertiary/aromatic N) is 2. The maximum absolute atomic E-state index is 2.42. The van der Waals surface area contributed by atoms with Gasteiger partial charge in [-0.05, 0) is 60.9 Å². The average molecular weight is 362 g/mol. The lowest BCUT2D eigenvalue weighted by atomic mass is 9.92. The van der Waals surface area contributed by atoms with Gasteiger partial charge in [0.25, 0.3) is 0 Å². The molecule has 0 unspecified atom stereocenters. The van der Waals surface area contributed by atoms with Crippen molar-refractivity contribution in [2.75, 3.05) is 0 Å². The van der Waals surface area contributed by atoms with Crippen molar-refractivity contribution in [3.63, 3.8) is 0 Å². The van der Waals surface area contributed by atoms with Crippen molar-refractivity contribution in [3.05, 3.63) is 70.5 Å². The maximum atomic E-state index is 2.42. The van der Waals surface area contributed by atoms with Gasteiger partial charge in [-0.3, -0.25) is 0 Å². The Morgan fingerprint density at radius 3 is 1.96 bits per heavy atom. The van der Waals surface area contributed by atoms with Gasteiger partial charge in [0.1, 0.15) is 12.7 Å². The fourth-order valence-corrected chi connectivity index (χ4v) is 3.95. The van der Waals surface area contributed by atoms with Gasteiger partial charge in [-0.25, -0.2) is 0 Å². The molecule has 0 spiro atoms. The molecule has 0 saturated heterocycles. The lowest BCUT2D eigenvalue weighted by Crippen LogP contribution is -2.32. The molecule has 0 saturated carbocycles. The van der Waals surface area contributed by atoms with Crippen LogP contribution in [-0.2, 0) is 7.05 Å². The highest BCUT2D eigenvalue weighted by Gasteiger charge is 2.23. The van der Waals surface area contributed by atoms with E-state index in [2.05, 4.69) is 107 Å². The highest BCUT2D eigenvalue weighted by atomic mass is 15.0. The predicted molar refractivity (Wildman–Crippen MR) is 115 cm³/mol. The normalized spacial score (nSPS) is 11.6. The third-order valence-electron chi connectivity index (χ3n) is 5.66. The van der Waals surface area contributed by atoms with Crippen LogP contribution in [0.1, 0.15) is 67.3 Å². The summed E-state index contributed by atoms with van der Waals surface area (Å²) in [6.45, 7) is 15.7. The minimum absolute atomic E-state index is 0.475. The van der Waals surface area contributed by atoms with E-state index in [-0.39, 0.29) is 0 Å². The molecule has 0 aliphatic rings. The van der Waals surface area contributed by atoms with Crippen LogP contribution in [0.2, 0.25) is 0 Å². The molecular formula is C25H33N2+. The Kier molecular flexibility index (Phi) is 5.28. The summed E-state index contributed by atoms with van der Waals surface area (Å²) in [4.78, 5) is 0. The van der Waals surface area contributed by atoms with E-state index in [0.29, 0.717) is 11.8 Å². The quantitative estimate of drug-likeness (QED) is 0.493. The lowest BCUT2D eigenvalue weighted by molar-refractivity contribution is -0.661. The van der Waals surface area contributed by atoms with Crippen LogP contribution >= 0.6 is 0 Å². The molecule has 0 N–H and O–H groups in total. The molecule has 0 bridgehead atoms. The molecule has 2 heteroatoms. The van der Waals surface area contributed by atoms with Crippen LogP contribution in [0, 0.1) is 20.8 Å². The molecule has 27 heavy (non-hydrogen) atoms. The zero-order valence-corrected chi connectivity index (χ0v) is 18.1. The zero-order valence-electron chi connectivity index (χ0n) is 18.1. The van der Waals surface area contributed by atoms with Gasteiger partial charge in [-0.2, -0.15) is 4.57 Å². The van der Waals surface area contributed by atoms with Crippen molar-refractivity contribution in [1.29, 1.82) is 0 Å². The van der Waals surface area contributed by atoms with Crippen molar-refractivity contribution in [2.45, 2.75) is 60.3 Å². The van der Waals surface area contributed by atoms with Gasteiger partial charge in [0.15, 0.2) is 6.20 Å². The van der Waals surface area contributed by atoms with E-state index in [1.165, 1.54) is 44.9 Å². The molecule has 0 amide bonds. The summed E-state index contributed by atoms with van der Waals surface area (Å²) in [6.07, 6.45) is 4.48. The molecule has 0 atom stereocenters. The standard InChI is InChI=1S/C25H33N2/c1-16(2)21-10-9-11-22(17(3)4)25(21)27-13-12-18(5)24(27)23-14-19(6)20(7)15-26(23)8/h9-17H,1-8H3/q+1. The van der Waals surface area contributed by atoms with Gasteiger partial charge < -0.3 is 4.57 Å². The van der Waals surface area contributed by atoms with Gasteiger partial charge in [0, 0.05) is 17.8 Å². The summed E-state index contributed by atoms with van der Waals surface area (Å²) in [6, 6.07) is 11.3. The van der Waals surface area contributed by atoms with Crippen molar-refractivity contribution in [2.24, 2.45) is 7.05 Å². The maximum Gasteiger partial charge on any atom is 0.229 e. The summed E-state index contributed by atoms with van der Waals surface area (Å²) in [7, 11) is 2.15. The minimum atomic E-state index is 0.475. The second kappa shape index (κ2) is 7.34. The Morgan fingerprint density at radius 1 is 0.815 bits per heavy atom. The fraction of sp³-hybridized carbons (Fsp3) is 0.400. The van der Waals surface area contributed by atoms with Gasteiger partial charge in [-0.15, -0.1) is 0 Å². The number of pyridine rings is 1. The zero-order chi connectivity index (χ0) is 19.9. The third kappa shape index (κ3) is 3.45. The number of aromatic nitrogens is 2. The highest BCUT2D eigenvalue weighted by Crippen LogP contribution is 2.35. The summed E-state index contributed by atoms with van der Waals surface area (Å²) in [5.74, 6) is 0.950. The lowest BCUT2D eigenvalue weighted by Gasteiger charge is -2.22. The smallest absolute Gasteiger partial charge is 0.229 e. The Labute approximate surface area is 164 Å². The van der Waals surface area contributed by atoms with Crippen molar-refractivity contribution in [1.82, 2.24) is 4.57 Å². The molecule has 0 aliphatic carbocycles. The summed E-state index contributed by atoms with van der Waals surface area (Å²) in [5.41, 5.74) is 10.7. The number of benzene rings is 1. The molecule has 0 aliphatic heterocycles.